The minimum Gasteiger partial charge on any atom is -0.225 e. The van der Waals surface area contributed by atoms with Crippen molar-refractivity contribution in [1.82, 2.24) is 25.3 Å². The Balaban J connectivity index is 2.83. The number of nitrogens with zero attached hydrogens (tertiary/aromatic N) is 3. The summed E-state index contributed by atoms with van der Waals surface area (Å²) in [6.45, 7) is 1.66. The number of hydrogen-bond donors (Lipinski definition) is 3. The van der Waals surface area contributed by atoms with E-state index in [1.54, 1.807) is 6.92 Å². The zero-order valence-electron chi connectivity index (χ0n) is 10.8. The first-order valence-electron chi connectivity index (χ1n) is 5.66. The second-order valence-electron chi connectivity index (χ2n) is 3.91. The van der Waals surface area contributed by atoms with Crippen LogP contribution in [0.4, 0.5) is 0 Å². The zero-order valence-corrected chi connectivity index (χ0v) is 12.4. The van der Waals surface area contributed by atoms with Gasteiger partial charge in [0.2, 0.25) is 25.9 Å². The van der Waals surface area contributed by atoms with Crippen LogP contribution in [0.15, 0.2) is 28.0 Å². The standard InChI is InChI=1S/C9H12N6O4S2/c1-2-11-21(18,19)7-5-3-4-6(8(7)20(10,16)17)9-12-14-15-13-9/h3-5,11H,2H2,1H3,(H2,10,16,17)(H,12,13,14,15). The maximum absolute atomic E-state index is 12.1. The number of aromatic amines is 1. The van der Waals surface area contributed by atoms with Gasteiger partial charge in [0.05, 0.1) is 0 Å². The lowest BCUT2D eigenvalue weighted by molar-refractivity contribution is 0.575. The van der Waals surface area contributed by atoms with E-state index < -0.39 is 29.8 Å². The van der Waals surface area contributed by atoms with Crippen molar-refractivity contribution in [2.45, 2.75) is 16.7 Å². The molecule has 0 atom stereocenters. The van der Waals surface area contributed by atoms with Gasteiger partial charge >= 0.3 is 0 Å². The first-order chi connectivity index (χ1) is 9.77. The fraction of sp³-hybridized carbons (Fsp3) is 0.222. The fourth-order valence-electron chi connectivity index (χ4n) is 1.74. The molecule has 0 aliphatic rings. The number of nitrogens with two attached hydrogens (primary N) is 1. The van der Waals surface area contributed by atoms with E-state index in [-0.39, 0.29) is 17.9 Å². The number of hydrogen-bond acceptors (Lipinski definition) is 7. The monoisotopic (exact) mass is 332 g/mol. The highest BCUT2D eigenvalue weighted by molar-refractivity contribution is 7.92. The van der Waals surface area contributed by atoms with Crippen molar-refractivity contribution in [3.8, 4) is 11.4 Å². The smallest absolute Gasteiger partial charge is 0.225 e. The van der Waals surface area contributed by atoms with Crippen molar-refractivity contribution in [3.05, 3.63) is 18.2 Å². The lowest BCUT2D eigenvalue weighted by Gasteiger charge is -2.11. The highest BCUT2D eigenvalue weighted by Gasteiger charge is 2.28. The zero-order chi connectivity index (χ0) is 15.7. The second-order valence-corrected chi connectivity index (χ2v) is 7.15. The molecule has 10 nitrogen and oxygen atoms in total. The molecule has 2 aromatic rings. The molecule has 0 fully saturated rings. The van der Waals surface area contributed by atoms with Crippen LogP contribution in [0.25, 0.3) is 11.4 Å². The van der Waals surface area contributed by atoms with Crippen LogP contribution < -0.4 is 9.86 Å². The highest BCUT2D eigenvalue weighted by Crippen LogP contribution is 2.29. The molecule has 0 aliphatic carbocycles. The van der Waals surface area contributed by atoms with Gasteiger partial charge in [-0.25, -0.2) is 26.7 Å². The van der Waals surface area contributed by atoms with Gasteiger partial charge in [0.15, 0.2) is 0 Å². The minimum atomic E-state index is -4.33. The Labute approximate surface area is 120 Å². The summed E-state index contributed by atoms with van der Waals surface area (Å²) in [5, 5.41) is 17.9. The predicted molar refractivity (Wildman–Crippen MR) is 71.8 cm³/mol. The average molecular weight is 332 g/mol. The topological polar surface area (TPSA) is 161 Å². The van der Waals surface area contributed by atoms with Crippen LogP contribution in [-0.2, 0) is 20.0 Å². The van der Waals surface area contributed by atoms with E-state index in [0.717, 1.165) is 6.07 Å². The van der Waals surface area contributed by atoms with Crippen LogP contribution in [0.2, 0.25) is 0 Å². The minimum absolute atomic E-state index is 0.0507. The van der Waals surface area contributed by atoms with E-state index >= 15 is 0 Å². The summed E-state index contributed by atoms with van der Waals surface area (Å²) in [7, 11) is -8.37. The lowest BCUT2D eigenvalue weighted by atomic mass is 10.2. The second kappa shape index (κ2) is 5.48. The fourth-order valence-corrected chi connectivity index (χ4v) is 4.38. The van der Waals surface area contributed by atoms with Gasteiger partial charge in [-0.3, -0.25) is 0 Å². The molecule has 2 rings (SSSR count). The van der Waals surface area contributed by atoms with Gasteiger partial charge in [-0.1, -0.05) is 13.0 Å². The van der Waals surface area contributed by atoms with Gasteiger partial charge in [-0.2, -0.15) is 5.21 Å². The van der Waals surface area contributed by atoms with Crippen molar-refractivity contribution in [1.29, 1.82) is 0 Å². The van der Waals surface area contributed by atoms with Crippen molar-refractivity contribution in [3.63, 3.8) is 0 Å². The number of benzene rings is 1. The summed E-state index contributed by atoms with van der Waals surface area (Å²) in [5.74, 6) is -0.0763. The SMILES string of the molecule is CCNS(=O)(=O)c1cccc(-c2nn[nH]n2)c1S(N)(=O)=O. The molecule has 114 valence electrons. The Bertz CT molecular complexity index is 844. The van der Waals surface area contributed by atoms with E-state index in [9.17, 15) is 16.8 Å². The van der Waals surface area contributed by atoms with E-state index in [1.165, 1.54) is 12.1 Å². The molecule has 1 aromatic heterocycles. The Kier molecular flexibility index (Phi) is 4.04. The molecule has 4 N–H and O–H groups in total. The Hall–Kier alpha value is -1.89. The summed E-state index contributed by atoms with van der Waals surface area (Å²) in [6.07, 6.45) is 0. The molecule has 0 saturated carbocycles. The third-order valence-electron chi connectivity index (χ3n) is 2.47. The van der Waals surface area contributed by atoms with Gasteiger partial charge in [0.1, 0.15) is 9.79 Å². The van der Waals surface area contributed by atoms with Crippen molar-refractivity contribution >= 4 is 20.0 Å². The van der Waals surface area contributed by atoms with Gasteiger partial charge < -0.3 is 0 Å². The Morgan fingerprint density at radius 2 is 2.00 bits per heavy atom. The van der Waals surface area contributed by atoms with Crippen LogP contribution in [-0.4, -0.2) is 44.0 Å². The molecule has 1 aromatic carbocycles. The highest BCUT2D eigenvalue weighted by atomic mass is 32.2. The predicted octanol–water partition coefficient (Wildman–Crippen LogP) is -1.19. The van der Waals surface area contributed by atoms with Crippen LogP contribution in [0.5, 0.6) is 0 Å². The number of rotatable bonds is 5. The maximum atomic E-state index is 12.1. The third kappa shape index (κ3) is 3.07. The quantitative estimate of drug-likeness (QED) is 0.620. The van der Waals surface area contributed by atoms with Gasteiger partial charge in [-0.05, 0) is 17.3 Å². The first kappa shape index (κ1) is 15.5. The molecule has 1 heterocycles. The van der Waals surface area contributed by atoms with Crippen LogP contribution in [0.3, 0.4) is 0 Å². The van der Waals surface area contributed by atoms with Gasteiger partial charge in [0, 0.05) is 12.1 Å². The summed E-state index contributed by atoms with van der Waals surface area (Å²) in [6, 6.07) is 3.85. The number of tetrazole rings is 1. The maximum Gasteiger partial charge on any atom is 0.241 e. The number of sulfonamides is 2. The summed E-state index contributed by atoms with van der Waals surface area (Å²) in [4.78, 5) is -1.04. The Morgan fingerprint density at radius 3 is 2.52 bits per heavy atom. The van der Waals surface area contributed by atoms with Gasteiger partial charge in [-0.15, -0.1) is 10.2 Å². The molecular formula is C9H12N6O4S2. The number of aromatic nitrogens is 4. The van der Waals surface area contributed by atoms with Crippen LogP contribution in [0.1, 0.15) is 6.92 Å². The molecule has 12 heteroatoms. The molecule has 0 bridgehead atoms. The van der Waals surface area contributed by atoms with Crippen molar-refractivity contribution in [2.75, 3.05) is 6.54 Å². The summed E-state index contributed by atoms with van der Waals surface area (Å²) < 4.78 is 50.1. The molecule has 0 radical (unpaired) electrons. The van der Waals surface area contributed by atoms with Crippen molar-refractivity contribution < 1.29 is 16.8 Å². The molecule has 0 spiro atoms. The lowest BCUT2D eigenvalue weighted by Crippen LogP contribution is -2.27. The first-order valence-corrected chi connectivity index (χ1v) is 8.69. The molecule has 0 unspecified atom stereocenters. The third-order valence-corrected chi connectivity index (χ3v) is 5.20. The molecule has 21 heavy (non-hydrogen) atoms. The van der Waals surface area contributed by atoms with E-state index in [2.05, 4.69) is 25.3 Å². The number of nitrogens with one attached hydrogen (secondary N) is 2. The van der Waals surface area contributed by atoms with E-state index in [4.69, 9.17) is 5.14 Å². The van der Waals surface area contributed by atoms with Crippen LogP contribution >= 0.6 is 0 Å². The molecule has 0 amide bonds. The Morgan fingerprint density at radius 1 is 1.29 bits per heavy atom. The normalized spacial score (nSPS) is 12.5. The largest absolute Gasteiger partial charge is 0.241 e. The number of H-pyrrole nitrogens is 1. The van der Waals surface area contributed by atoms with Crippen LogP contribution in [0, 0.1) is 0 Å². The summed E-state index contributed by atoms with van der Waals surface area (Å²) >= 11 is 0. The summed E-state index contributed by atoms with van der Waals surface area (Å²) in [5.41, 5.74) is -0.0507. The average Bonchev–Trinajstić information content (AvgIpc) is 2.90. The number of primary sulfonamides is 1. The van der Waals surface area contributed by atoms with Crippen molar-refractivity contribution in [2.24, 2.45) is 5.14 Å². The van der Waals surface area contributed by atoms with E-state index in [1.807, 2.05) is 0 Å². The van der Waals surface area contributed by atoms with E-state index in [0.29, 0.717) is 0 Å². The molecular weight excluding hydrogens is 320 g/mol. The van der Waals surface area contributed by atoms with Gasteiger partial charge in [0.25, 0.3) is 0 Å². The molecule has 0 saturated heterocycles. The molecule has 0 aliphatic heterocycles.